The predicted octanol–water partition coefficient (Wildman–Crippen LogP) is 6.90. The molecule has 0 heterocycles. The summed E-state index contributed by atoms with van der Waals surface area (Å²) >= 11 is 0. The second-order valence-electron chi connectivity index (χ2n) is 8.58. The first-order chi connectivity index (χ1) is 16.3. The Kier molecular flexibility index (Phi) is 8.41. The molecular formula is C28H33FN4O. The molecule has 3 rings (SSSR count). The second kappa shape index (κ2) is 11.5. The molecule has 178 valence electrons. The monoisotopic (exact) mass is 460 g/mol. The lowest BCUT2D eigenvalue weighted by molar-refractivity contribution is 0.0977. The lowest BCUT2D eigenvalue weighted by Gasteiger charge is -2.16. The third-order valence-electron chi connectivity index (χ3n) is 5.97. The van der Waals surface area contributed by atoms with Gasteiger partial charge < -0.3 is 16.4 Å². The topological polar surface area (TPSA) is 91.0 Å². The molecule has 3 aromatic rings. The second-order valence-corrected chi connectivity index (χ2v) is 8.58. The molecule has 5 nitrogen and oxygen atoms in total. The average Bonchev–Trinajstić information content (AvgIpc) is 2.81. The SMILES string of the molecule is CCCC(CCC)c1ccc(C(=O)NC(=N)c2ccc(Nc3c(C)cccc3F)cc2N)cc1. The number of carbonyl (C=O) groups excluding carboxylic acids is 1. The van der Waals surface area contributed by atoms with Gasteiger partial charge in [0.05, 0.1) is 5.69 Å². The van der Waals surface area contributed by atoms with Gasteiger partial charge in [0.2, 0.25) is 0 Å². The van der Waals surface area contributed by atoms with Crippen LogP contribution in [0.1, 0.15) is 72.5 Å². The Hall–Kier alpha value is -3.67. The summed E-state index contributed by atoms with van der Waals surface area (Å²) < 4.78 is 14.1. The van der Waals surface area contributed by atoms with E-state index in [0.29, 0.717) is 34.1 Å². The molecule has 0 aliphatic rings. The van der Waals surface area contributed by atoms with Gasteiger partial charge in [-0.25, -0.2) is 4.39 Å². The van der Waals surface area contributed by atoms with Gasteiger partial charge in [-0.1, -0.05) is 51.0 Å². The molecule has 0 aromatic heterocycles. The number of benzene rings is 3. The van der Waals surface area contributed by atoms with Crippen LogP contribution in [0, 0.1) is 18.2 Å². The van der Waals surface area contributed by atoms with E-state index >= 15 is 0 Å². The fourth-order valence-electron chi connectivity index (χ4n) is 4.14. The third-order valence-corrected chi connectivity index (χ3v) is 5.97. The molecule has 34 heavy (non-hydrogen) atoms. The van der Waals surface area contributed by atoms with Crippen LogP contribution in [0.5, 0.6) is 0 Å². The van der Waals surface area contributed by atoms with Crippen LogP contribution in [-0.2, 0) is 0 Å². The maximum Gasteiger partial charge on any atom is 0.256 e. The van der Waals surface area contributed by atoms with Gasteiger partial charge in [0.15, 0.2) is 0 Å². The minimum absolute atomic E-state index is 0.0879. The Morgan fingerprint density at radius 2 is 1.71 bits per heavy atom. The number of para-hydroxylation sites is 1. The number of rotatable bonds is 9. The Bertz CT molecular complexity index is 1130. The molecule has 1 amide bonds. The maximum atomic E-state index is 14.1. The zero-order chi connectivity index (χ0) is 24.7. The van der Waals surface area contributed by atoms with Crippen molar-refractivity contribution >= 4 is 28.8 Å². The Morgan fingerprint density at radius 3 is 2.29 bits per heavy atom. The molecule has 0 atom stereocenters. The highest BCUT2D eigenvalue weighted by Gasteiger charge is 2.15. The summed E-state index contributed by atoms with van der Waals surface area (Å²) in [6.45, 7) is 6.19. The Balaban J connectivity index is 1.68. The fourth-order valence-corrected chi connectivity index (χ4v) is 4.14. The van der Waals surface area contributed by atoms with Crippen LogP contribution in [0.4, 0.5) is 21.5 Å². The van der Waals surface area contributed by atoms with Crippen molar-refractivity contribution in [3.63, 3.8) is 0 Å². The molecule has 0 aliphatic heterocycles. The van der Waals surface area contributed by atoms with E-state index in [1.807, 2.05) is 37.3 Å². The van der Waals surface area contributed by atoms with Gasteiger partial charge in [-0.2, -0.15) is 0 Å². The molecule has 0 radical (unpaired) electrons. The average molecular weight is 461 g/mol. The Labute approximate surface area is 201 Å². The van der Waals surface area contributed by atoms with E-state index in [1.54, 1.807) is 24.3 Å². The third kappa shape index (κ3) is 6.01. The molecule has 0 saturated heterocycles. The molecule has 0 bridgehead atoms. The van der Waals surface area contributed by atoms with Crippen molar-refractivity contribution in [2.24, 2.45) is 0 Å². The van der Waals surface area contributed by atoms with Crippen LogP contribution >= 0.6 is 0 Å². The summed E-state index contributed by atoms with van der Waals surface area (Å²) in [4.78, 5) is 12.7. The first-order valence-corrected chi connectivity index (χ1v) is 11.8. The normalized spacial score (nSPS) is 10.9. The van der Waals surface area contributed by atoms with Crippen LogP contribution in [-0.4, -0.2) is 11.7 Å². The predicted molar refractivity (Wildman–Crippen MR) is 139 cm³/mol. The quantitative estimate of drug-likeness (QED) is 0.159. The van der Waals surface area contributed by atoms with Gasteiger partial charge in [0.1, 0.15) is 11.7 Å². The van der Waals surface area contributed by atoms with E-state index < -0.39 is 0 Å². The molecule has 0 spiro atoms. The van der Waals surface area contributed by atoms with E-state index in [0.717, 1.165) is 31.2 Å². The lowest BCUT2D eigenvalue weighted by atomic mass is 9.90. The zero-order valence-electron chi connectivity index (χ0n) is 20.0. The van der Waals surface area contributed by atoms with Gasteiger partial charge in [-0.15, -0.1) is 0 Å². The number of nitrogens with one attached hydrogen (secondary N) is 3. The summed E-state index contributed by atoms with van der Waals surface area (Å²) in [5.41, 5.74) is 10.3. The summed E-state index contributed by atoms with van der Waals surface area (Å²) in [6, 6.07) is 17.5. The van der Waals surface area contributed by atoms with E-state index in [9.17, 15) is 9.18 Å². The number of amides is 1. The number of amidine groups is 1. The smallest absolute Gasteiger partial charge is 0.256 e. The number of anilines is 3. The number of halogens is 1. The van der Waals surface area contributed by atoms with Crippen LogP contribution in [0.3, 0.4) is 0 Å². The van der Waals surface area contributed by atoms with Crippen molar-refractivity contribution in [3.05, 3.63) is 88.7 Å². The fraction of sp³-hybridized carbons (Fsp3) is 0.286. The molecular weight excluding hydrogens is 427 g/mol. The van der Waals surface area contributed by atoms with Crippen molar-refractivity contribution in [2.45, 2.75) is 52.4 Å². The Morgan fingerprint density at radius 1 is 1.03 bits per heavy atom. The molecule has 0 aliphatic carbocycles. The highest BCUT2D eigenvalue weighted by atomic mass is 19.1. The first kappa shape index (κ1) is 25.0. The van der Waals surface area contributed by atoms with Crippen molar-refractivity contribution < 1.29 is 9.18 Å². The lowest BCUT2D eigenvalue weighted by Crippen LogP contribution is -2.31. The molecule has 0 unspecified atom stereocenters. The summed E-state index contributed by atoms with van der Waals surface area (Å²) in [6.07, 6.45) is 4.51. The molecule has 6 heteroatoms. The van der Waals surface area contributed by atoms with Crippen LogP contribution in [0.15, 0.2) is 60.7 Å². The minimum Gasteiger partial charge on any atom is -0.398 e. The van der Waals surface area contributed by atoms with Crippen LogP contribution in [0.25, 0.3) is 0 Å². The van der Waals surface area contributed by atoms with Crippen molar-refractivity contribution in [3.8, 4) is 0 Å². The first-order valence-electron chi connectivity index (χ1n) is 11.8. The molecule has 0 fully saturated rings. The summed E-state index contributed by atoms with van der Waals surface area (Å²) in [7, 11) is 0. The van der Waals surface area contributed by atoms with E-state index in [2.05, 4.69) is 24.5 Å². The summed E-state index contributed by atoms with van der Waals surface area (Å²) in [5, 5.41) is 14.0. The number of nitrogens with two attached hydrogens (primary N) is 1. The highest BCUT2D eigenvalue weighted by Crippen LogP contribution is 2.27. The zero-order valence-corrected chi connectivity index (χ0v) is 20.0. The largest absolute Gasteiger partial charge is 0.398 e. The summed E-state index contributed by atoms with van der Waals surface area (Å²) in [5.74, 6) is -0.299. The van der Waals surface area contributed by atoms with E-state index in [1.165, 1.54) is 11.6 Å². The molecule has 0 saturated carbocycles. The highest BCUT2D eigenvalue weighted by molar-refractivity contribution is 6.13. The van der Waals surface area contributed by atoms with Gasteiger partial charge in [0, 0.05) is 22.5 Å². The van der Waals surface area contributed by atoms with Crippen LogP contribution < -0.4 is 16.4 Å². The van der Waals surface area contributed by atoms with E-state index in [-0.39, 0.29) is 17.6 Å². The number of hydrogen-bond donors (Lipinski definition) is 4. The van der Waals surface area contributed by atoms with Gasteiger partial charge in [0.25, 0.3) is 5.91 Å². The molecule has 3 aromatic carbocycles. The maximum absolute atomic E-state index is 14.1. The van der Waals surface area contributed by atoms with Gasteiger partial charge in [-0.05, 0) is 73.2 Å². The number of carbonyl (C=O) groups is 1. The number of aryl methyl sites for hydroxylation is 1. The van der Waals surface area contributed by atoms with Gasteiger partial charge >= 0.3 is 0 Å². The van der Waals surface area contributed by atoms with Crippen molar-refractivity contribution in [1.82, 2.24) is 5.32 Å². The van der Waals surface area contributed by atoms with Crippen molar-refractivity contribution in [1.29, 1.82) is 5.41 Å². The van der Waals surface area contributed by atoms with E-state index in [4.69, 9.17) is 11.1 Å². The van der Waals surface area contributed by atoms with Crippen molar-refractivity contribution in [2.75, 3.05) is 11.1 Å². The standard InChI is InChI=1S/C28H33FN4O/c1-4-7-19(8-5-2)20-11-13-21(14-12-20)28(34)33-27(31)23-16-15-22(17-25(23)30)32-26-18(3)9-6-10-24(26)29/h6,9-17,19,32H,4-5,7-8,30H2,1-3H3,(H2,31,33,34). The van der Waals surface area contributed by atoms with Crippen LogP contribution in [0.2, 0.25) is 0 Å². The number of nitrogen functional groups attached to an aromatic ring is 1. The minimum atomic E-state index is -0.359. The number of hydrogen-bond acceptors (Lipinski definition) is 4. The molecule has 5 N–H and O–H groups in total. The van der Waals surface area contributed by atoms with Gasteiger partial charge in [-0.3, -0.25) is 10.2 Å².